The van der Waals surface area contributed by atoms with Crippen molar-refractivity contribution >= 4 is 23.1 Å². The molecule has 186 valence electrons. The van der Waals surface area contributed by atoms with Crippen molar-refractivity contribution in [3.8, 4) is 11.5 Å². The first kappa shape index (κ1) is 24.8. The molecule has 1 atom stereocenters. The van der Waals surface area contributed by atoms with Crippen molar-refractivity contribution in [2.45, 2.75) is 32.2 Å². The summed E-state index contributed by atoms with van der Waals surface area (Å²) in [5, 5.41) is 20.9. The first-order valence-electron chi connectivity index (χ1n) is 11.0. The molecule has 3 aromatic carbocycles. The Morgan fingerprint density at radius 1 is 0.972 bits per heavy atom. The molecular weight excluding hydrogens is 475 g/mol. The molecule has 3 aromatic rings. The highest BCUT2D eigenvalue weighted by atomic mass is 19.4. The SMILES string of the molecule is CC(C)Oc1cccc(/C(O)=C2\C(=O)C(=O)N(c3cccc(C(F)(F)F)c3)C2c2ccc(O)cc2)c1. The highest BCUT2D eigenvalue weighted by Gasteiger charge is 2.47. The third kappa shape index (κ3) is 4.77. The van der Waals surface area contributed by atoms with Gasteiger partial charge in [0.05, 0.1) is 23.3 Å². The summed E-state index contributed by atoms with van der Waals surface area (Å²) in [6.07, 6.45) is -4.83. The van der Waals surface area contributed by atoms with E-state index in [1.54, 1.807) is 12.1 Å². The van der Waals surface area contributed by atoms with E-state index < -0.39 is 35.2 Å². The summed E-state index contributed by atoms with van der Waals surface area (Å²) < 4.78 is 45.8. The number of rotatable bonds is 5. The maximum absolute atomic E-state index is 13.4. The van der Waals surface area contributed by atoms with Gasteiger partial charge in [-0.3, -0.25) is 14.5 Å². The highest BCUT2D eigenvalue weighted by molar-refractivity contribution is 6.51. The van der Waals surface area contributed by atoms with Crippen LogP contribution in [0.25, 0.3) is 5.76 Å². The van der Waals surface area contributed by atoms with Crippen molar-refractivity contribution < 1.29 is 37.7 Å². The van der Waals surface area contributed by atoms with Crippen LogP contribution in [0.2, 0.25) is 0 Å². The number of aliphatic hydroxyl groups is 1. The van der Waals surface area contributed by atoms with Crippen molar-refractivity contribution in [3.63, 3.8) is 0 Å². The van der Waals surface area contributed by atoms with Gasteiger partial charge in [-0.25, -0.2) is 0 Å². The van der Waals surface area contributed by atoms with Crippen LogP contribution in [0.1, 0.15) is 36.6 Å². The number of hydrogen-bond donors (Lipinski definition) is 2. The third-order valence-corrected chi connectivity index (χ3v) is 5.58. The van der Waals surface area contributed by atoms with Crippen molar-refractivity contribution in [2.24, 2.45) is 0 Å². The molecule has 1 aliphatic rings. The standard InChI is InChI=1S/C27H22F3NO5/c1-15(2)36-21-8-3-5-17(13-21)24(33)22-23(16-9-11-20(32)12-10-16)31(26(35)25(22)34)19-7-4-6-18(14-19)27(28,29)30/h3-15,23,32-33H,1-2H3/b24-22+. The van der Waals surface area contributed by atoms with Crippen molar-refractivity contribution in [2.75, 3.05) is 4.90 Å². The fraction of sp³-hybridized carbons (Fsp3) is 0.185. The van der Waals surface area contributed by atoms with Gasteiger partial charge in [0, 0.05) is 11.3 Å². The lowest BCUT2D eigenvalue weighted by Gasteiger charge is -2.26. The molecular formula is C27H22F3NO5. The summed E-state index contributed by atoms with van der Waals surface area (Å²) in [6.45, 7) is 3.63. The van der Waals surface area contributed by atoms with Crippen LogP contribution in [-0.2, 0) is 15.8 Å². The van der Waals surface area contributed by atoms with Gasteiger partial charge in [0.15, 0.2) is 0 Å². The van der Waals surface area contributed by atoms with Crippen molar-refractivity contribution in [1.29, 1.82) is 0 Å². The van der Waals surface area contributed by atoms with Crippen molar-refractivity contribution in [3.05, 3.63) is 95.1 Å². The minimum Gasteiger partial charge on any atom is -0.508 e. The lowest BCUT2D eigenvalue weighted by molar-refractivity contribution is -0.137. The van der Waals surface area contributed by atoms with Gasteiger partial charge in [0.2, 0.25) is 0 Å². The van der Waals surface area contributed by atoms with E-state index in [-0.39, 0.29) is 28.7 Å². The molecule has 1 saturated heterocycles. The van der Waals surface area contributed by atoms with E-state index in [9.17, 15) is 33.0 Å². The van der Waals surface area contributed by atoms with Crippen LogP contribution in [0.3, 0.4) is 0 Å². The summed E-state index contributed by atoms with van der Waals surface area (Å²) in [4.78, 5) is 27.3. The highest BCUT2D eigenvalue weighted by Crippen LogP contribution is 2.43. The number of ketones is 1. The maximum Gasteiger partial charge on any atom is 0.416 e. The summed E-state index contributed by atoms with van der Waals surface area (Å²) in [7, 11) is 0. The van der Waals surface area contributed by atoms with Gasteiger partial charge in [-0.15, -0.1) is 0 Å². The van der Waals surface area contributed by atoms with Crippen LogP contribution in [0.15, 0.2) is 78.4 Å². The van der Waals surface area contributed by atoms with E-state index in [4.69, 9.17) is 4.74 Å². The van der Waals surface area contributed by atoms with Crippen LogP contribution in [0.5, 0.6) is 11.5 Å². The Balaban J connectivity index is 1.91. The number of amides is 1. The molecule has 0 radical (unpaired) electrons. The number of benzene rings is 3. The molecule has 1 amide bonds. The number of aromatic hydroxyl groups is 1. The zero-order valence-electron chi connectivity index (χ0n) is 19.3. The van der Waals surface area contributed by atoms with Crippen LogP contribution in [0.4, 0.5) is 18.9 Å². The molecule has 0 bridgehead atoms. The predicted octanol–water partition coefficient (Wildman–Crippen LogP) is 5.82. The smallest absolute Gasteiger partial charge is 0.416 e. The number of Topliss-reactive ketones (excluding diaryl/α,β-unsaturated/α-hetero) is 1. The number of phenolic OH excluding ortho intramolecular Hbond substituents is 1. The Labute approximate surface area is 204 Å². The van der Waals surface area contributed by atoms with E-state index in [1.165, 1.54) is 42.5 Å². The first-order chi connectivity index (χ1) is 17.0. The van der Waals surface area contributed by atoms with Crippen LogP contribution < -0.4 is 9.64 Å². The number of halogens is 3. The number of aliphatic hydroxyl groups excluding tert-OH is 1. The van der Waals surface area contributed by atoms with Crippen LogP contribution >= 0.6 is 0 Å². The van der Waals surface area contributed by atoms with Gasteiger partial charge >= 0.3 is 6.18 Å². The zero-order valence-corrected chi connectivity index (χ0v) is 19.3. The number of nitrogens with zero attached hydrogens (tertiary/aromatic N) is 1. The number of carbonyl (C=O) groups excluding carboxylic acids is 2. The molecule has 2 N–H and O–H groups in total. The van der Waals surface area contributed by atoms with E-state index in [0.717, 1.165) is 23.1 Å². The number of ether oxygens (including phenoxy) is 1. The average Bonchev–Trinajstić information content (AvgIpc) is 3.09. The van der Waals surface area contributed by atoms with E-state index in [1.807, 2.05) is 13.8 Å². The fourth-order valence-electron chi connectivity index (χ4n) is 4.05. The molecule has 1 fully saturated rings. The lowest BCUT2D eigenvalue weighted by atomic mass is 9.95. The second kappa shape index (κ2) is 9.41. The summed E-state index contributed by atoms with van der Waals surface area (Å²) in [5.41, 5.74) is -0.963. The van der Waals surface area contributed by atoms with Crippen LogP contribution in [0, 0.1) is 0 Å². The topological polar surface area (TPSA) is 87.1 Å². The minimum atomic E-state index is -4.67. The number of carbonyl (C=O) groups is 2. The average molecular weight is 497 g/mol. The third-order valence-electron chi connectivity index (χ3n) is 5.58. The summed E-state index contributed by atoms with van der Waals surface area (Å²) >= 11 is 0. The Morgan fingerprint density at radius 3 is 2.28 bits per heavy atom. The monoisotopic (exact) mass is 497 g/mol. The molecule has 0 saturated carbocycles. The van der Waals surface area contributed by atoms with E-state index in [2.05, 4.69) is 0 Å². The van der Waals surface area contributed by atoms with Crippen LogP contribution in [-0.4, -0.2) is 28.0 Å². The van der Waals surface area contributed by atoms with Gasteiger partial charge in [0.25, 0.3) is 11.7 Å². The summed E-state index contributed by atoms with van der Waals surface area (Å²) in [5.74, 6) is -2.33. The number of alkyl halides is 3. The largest absolute Gasteiger partial charge is 0.508 e. The Bertz CT molecular complexity index is 1350. The second-order valence-corrected chi connectivity index (χ2v) is 8.50. The molecule has 36 heavy (non-hydrogen) atoms. The van der Waals surface area contributed by atoms with Crippen molar-refractivity contribution in [1.82, 2.24) is 0 Å². The summed E-state index contributed by atoms with van der Waals surface area (Å²) in [6, 6.07) is 14.6. The van der Waals surface area contributed by atoms with Gasteiger partial charge in [-0.2, -0.15) is 13.2 Å². The Kier molecular flexibility index (Phi) is 6.49. The predicted molar refractivity (Wildman–Crippen MR) is 127 cm³/mol. The quantitative estimate of drug-likeness (QED) is 0.263. The molecule has 1 unspecified atom stereocenters. The molecule has 0 spiro atoms. The normalized spacial score (nSPS) is 17.6. The molecule has 1 aliphatic heterocycles. The van der Waals surface area contributed by atoms with Gasteiger partial charge in [-0.05, 0) is 61.9 Å². The zero-order chi connectivity index (χ0) is 26.2. The molecule has 4 rings (SSSR count). The van der Waals surface area contributed by atoms with E-state index in [0.29, 0.717) is 11.3 Å². The van der Waals surface area contributed by atoms with Gasteiger partial charge in [-0.1, -0.05) is 30.3 Å². The lowest BCUT2D eigenvalue weighted by Crippen LogP contribution is -2.29. The first-order valence-corrected chi connectivity index (χ1v) is 11.0. The molecule has 0 aromatic heterocycles. The number of hydrogen-bond acceptors (Lipinski definition) is 5. The second-order valence-electron chi connectivity index (χ2n) is 8.50. The molecule has 1 heterocycles. The molecule has 6 nitrogen and oxygen atoms in total. The molecule has 9 heteroatoms. The number of phenols is 1. The number of anilines is 1. The van der Waals surface area contributed by atoms with Gasteiger partial charge in [0.1, 0.15) is 17.3 Å². The van der Waals surface area contributed by atoms with Gasteiger partial charge < -0.3 is 14.9 Å². The minimum absolute atomic E-state index is 0.0895. The Morgan fingerprint density at radius 2 is 1.64 bits per heavy atom. The molecule has 0 aliphatic carbocycles. The Hall–Kier alpha value is -4.27. The van der Waals surface area contributed by atoms with E-state index >= 15 is 0 Å². The fourth-order valence-corrected chi connectivity index (χ4v) is 4.05. The maximum atomic E-state index is 13.4.